The van der Waals surface area contributed by atoms with Gasteiger partial charge in [0.05, 0.1) is 38.8 Å². The number of fused-ring (bicyclic) bond motifs is 3. The van der Waals surface area contributed by atoms with Crippen molar-refractivity contribution < 1.29 is 119 Å². The minimum absolute atomic E-state index is 0.0445. The first kappa shape index (κ1) is 81.4. The fourth-order valence-electron chi connectivity index (χ4n) is 12.9. The van der Waals surface area contributed by atoms with Gasteiger partial charge in [-0.3, -0.25) is 28.8 Å². The number of nitrogens with zero attached hydrogens (tertiary/aromatic N) is 3. The summed E-state index contributed by atoms with van der Waals surface area (Å²) in [4.78, 5) is 86.1. The minimum atomic E-state index is -4.97. The number of alkyl halides is 12. The second-order valence-corrected chi connectivity index (χ2v) is 29.6. The first-order valence-corrected chi connectivity index (χ1v) is 35.8. The second-order valence-electron chi connectivity index (χ2n) is 29.2. The Morgan fingerprint density at radius 3 is 0.983 bits per heavy atom. The molecule has 115 heavy (non-hydrogen) atoms. The topological polar surface area (TPSA) is 251 Å². The molecule has 34 heteroatoms. The summed E-state index contributed by atoms with van der Waals surface area (Å²) in [5.74, 6) is -4.76. The number of hydrogen-bond acceptors (Lipinski definition) is 17. The first-order chi connectivity index (χ1) is 53.8. The van der Waals surface area contributed by atoms with E-state index in [0.717, 1.165) is 35.3 Å². The Kier molecular flexibility index (Phi) is 21.0. The van der Waals surface area contributed by atoms with Gasteiger partial charge in [0.1, 0.15) is 22.6 Å². The van der Waals surface area contributed by atoms with Crippen LogP contribution in [0.3, 0.4) is 0 Å². The third-order valence-corrected chi connectivity index (χ3v) is 21.0. The Morgan fingerprint density at radius 2 is 0.687 bits per heavy atom. The number of nitrogens with one attached hydrogen (secondary N) is 3. The SMILES string of the molecule is CC(=O)c1ccc(B2OC(C)(C)C(C)(C)O2)cc1.Cc1ccc(NC(=O)C2(c3ccc4c(c3)OC(F)(F)O4)CC2)nc1-c1ccc(C(=O)C(F)(F)F)cc1.Cc1ccc(NC(=O)C2(c3ccc4c(c3)OC(F)(F)O4)CC2)nc1-c1ccc(C(=O)C(F)(F)F)cc1.Cc1ccc(NC(=O)C2(c3ccc4c(c3)OC(F)(F)O4)CC2)nc1Cl. The van der Waals surface area contributed by atoms with Crippen molar-refractivity contribution in [3.8, 4) is 57.0 Å². The number of carbonyl (C=O) groups is 6. The van der Waals surface area contributed by atoms with Crippen molar-refractivity contribution >= 4 is 76.7 Å². The molecule has 3 aromatic heterocycles. The maximum absolute atomic E-state index is 13.4. The normalized spacial score (nSPS) is 18.0. The van der Waals surface area contributed by atoms with Crippen LogP contribution in [0, 0.1) is 20.8 Å². The van der Waals surface area contributed by atoms with Gasteiger partial charge in [-0.05, 0) is 187 Å². The van der Waals surface area contributed by atoms with Crippen molar-refractivity contribution in [3.05, 3.63) is 219 Å². The number of anilines is 3. The van der Waals surface area contributed by atoms with Crippen molar-refractivity contribution in [1.29, 1.82) is 0 Å². The summed E-state index contributed by atoms with van der Waals surface area (Å²) >= 11 is 5.97. The molecule has 9 aromatic rings. The van der Waals surface area contributed by atoms with E-state index in [-0.39, 0.29) is 88.0 Å². The monoisotopic (exact) mass is 1620 g/mol. The van der Waals surface area contributed by atoms with Gasteiger partial charge < -0.3 is 53.7 Å². The van der Waals surface area contributed by atoms with E-state index in [2.05, 4.69) is 59.3 Å². The largest absolute Gasteiger partial charge is 0.586 e. The molecule has 4 fully saturated rings. The highest BCUT2D eigenvalue weighted by Crippen LogP contribution is 2.56. The molecule has 7 aliphatic rings. The van der Waals surface area contributed by atoms with Crippen LogP contribution in [0.4, 0.5) is 70.1 Å². The van der Waals surface area contributed by atoms with Gasteiger partial charge >= 0.3 is 38.4 Å². The third-order valence-electron chi connectivity index (χ3n) is 20.6. The summed E-state index contributed by atoms with van der Waals surface area (Å²) in [7, 11) is -0.365. The lowest BCUT2D eigenvalue weighted by atomic mass is 9.79. The van der Waals surface area contributed by atoms with Gasteiger partial charge in [-0.15, -0.1) is 26.3 Å². The molecule has 16 rings (SSSR count). The molecule has 0 radical (unpaired) electrons. The number of aryl methyl sites for hydroxylation is 3. The number of ketones is 3. The van der Waals surface area contributed by atoms with Crippen molar-refractivity contribution in [2.45, 2.75) is 153 Å². The number of ether oxygens (including phenoxy) is 6. The number of pyridine rings is 3. The summed E-state index contributed by atoms with van der Waals surface area (Å²) in [6.45, 7) is 15.0. The van der Waals surface area contributed by atoms with E-state index in [1.807, 2.05) is 58.9 Å². The van der Waals surface area contributed by atoms with Crippen LogP contribution in [0.2, 0.25) is 5.15 Å². The fraction of sp³-hybridized carbons (Fsp3) is 0.296. The zero-order valence-electron chi connectivity index (χ0n) is 61.9. The molecule has 598 valence electrons. The van der Waals surface area contributed by atoms with E-state index < -0.39 is 70.2 Å². The molecule has 1 saturated heterocycles. The summed E-state index contributed by atoms with van der Waals surface area (Å²) in [5.41, 5.74) is 2.85. The summed E-state index contributed by atoms with van der Waals surface area (Å²) in [5, 5.41) is 8.54. The predicted octanol–water partition coefficient (Wildman–Crippen LogP) is 17.8. The van der Waals surface area contributed by atoms with E-state index in [9.17, 15) is 81.5 Å². The summed E-state index contributed by atoms with van der Waals surface area (Å²) in [6, 6.07) is 39.9. The van der Waals surface area contributed by atoms with E-state index in [1.54, 1.807) is 63.2 Å². The highest BCUT2D eigenvalue weighted by molar-refractivity contribution is 6.62. The molecular weight excluding hydrogens is 1560 g/mol. The number of carbonyl (C=O) groups excluding carboxylic acids is 6. The summed E-state index contributed by atoms with van der Waals surface area (Å²) in [6.07, 6.45) is -18.0. The molecule has 0 unspecified atom stereocenters. The molecule has 4 aliphatic heterocycles. The van der Waals surface area contributed by atoms with E-state index in [0.29, 0.717) is 105 Å². The van der Waals surface area contributed by atoms with E-state index in [1.165, 1.54) is 72.8 Å². The van der Waals surface area contributed by atoms with Gasteiger partial charge in [0, 0.05) is 27.8 Å². The van der Waals surface area contributed by atoms with Gasteiger partial charge in [0.25, 0.3) is 11.6 Å². The average molecular weight is 1620 g/mol. The Labute approximate surface area is 652 Å². The van der Waals surface area contributed by atoms with Crippen LogP contribution in [0.5, 0.6) is 34.5 Å². The van der Waals surface area contributed by atoms with Gasteiger partial charge in [-0.1, -0.05) is 121 Å². The molecule has 6 aromatic carbocycles. The lowest BCUT2D eigenvalue weighted by Crippen LogP contribution is -2.41. The third kappa shape index (κ3) is 17.3. The number of amides is 3. The maximum Gasteiger partial charge on any atom is 0.586 e. The van der Waals surface area contributed by atoms with Crippen LogP contribution in [0.1, 0.15) is 138 Å². The molecule has 7 heterocycles. The highest BCUT2D eigenvalue weighted by Gasteiger charge is 2.57. The first-order valence-electron chi connectivity index (χ1n) is 35.4. The van der Waals surface area contributed by atoms with E-state index in [4.69, 9.17) is 20.9 Å². The zero-order valence-corrected chi connectivity index (χ0v) is 62.6. The smallest absolute Gasteiger partial charge is 0.399 e. The van der Waals surface area contributed by atoms with Gasteiger partial charge in [-0.2, -0.15) is 26.3 Å². The second kappa shape index (κ2) is 29.7. The van der Waals surface area contributed by atoms with Gasteiger partial charge in [0.2, 0.25) is 17.7 Å². The van der Waals surface area contributed by atoms with Crippen LogP contribution < -0.4 is 49.8 Å². The number of aromatic nitrogens is 3. The van der Waals surface area contributed by atoms with Gasteiger partial charge in [-0.25, -0.2) is 15.0 Å². The Hall–Kier alpha value is -11.6. The number of hydrogen-bond donors (Lipinski definition) is 3. The molecule has 20 nitrogen and oxygen atoms in total. The van der Waals surface area contributed by atoms with Crippen molar-refractivity contribution in [3.63, 3.8) is 0 Å². The number of benzene rings is 6. The van der Waals surface area contributed by atoms with Crippen LogP contribution in [0.25, 0.3) is 22.5 Å². The standard InChI is InChI=1S/2C25H17F5N2O4.C17H13ClF2N2O3.C14H19BO3/c2*1-13-2-9-19(31-20(13)14-3-5-15(6-4-14)21(33)24(26,27)28)32-22(34)23(10-11-23)16-7-8-17-18(12-16)36-25(29,30)35-17;1-9-2-5-13(21-14(9)18)22-15(23)16(6-7-16)10-3-4-11-12(8-10)25-17(19,20)24-11;1-10(16)11-6-8-12(9-7-11)15-17-13(2,3)14(4,5)18-15/h2*2-9,12H,10-11H2,1H3,(H,31,32,34);2-5,8H,6-7H2,1H3,(H,21,22,23);6-9H,1-5H3. The Bertz CT molecular complexity index is 5160. The van der Waals surface area contributed by atoms with Crippen LogP contribution >= 0.6 is 11.6 Å². The maximum atomic E-state index is 13.4. The molecular formula is C81H66BClF12N6O14. The Morgan fingerprint density at radius 1 is 0.391 bits per heavy atom. The number of rotatable bonds is 15. The molecule has 3 N–H and O–H groups in total. The fourth-order valence-corrected chi connectivity index (χ4v) is 13.0. The van der Waals surface area contributed by atoms with Crippen LogP contribution in [-0.2, 0) is 39.9 Å². The number of Topliss-reactive ketones (excluding diaryl/α,β-unsaturated/α-hetero) is 3. The van der Waals surface area contributed by atoms with Crippen molar-refractivity contribution in [2.24, 2.45) is 0 Å². The molecule has 3 aliphatic carbocycles. The molecule has 0 spiro atoms. The minimum Gasteiger partial charge on any atom is -0.399 e. The van der Waals surface area contributed by atoms with Crippen molar-refractivity contribution in [2.75, 3.05) is 16.0 Å². The Balaban J connectivity index is 0.000000138. The van der Waals surface area contributed by atoms with Gasteiger partial charge in [0.15, 0.2) is 40.3 Å². The zero-order chi connectivity index (χ0) is 83.1. The van der Waals surface area contributed by atoms with Crippen LogP contribution in [0.15, 0.2) is 164 Å². The molecule has 3 saturated carbocycles. The average Bonchev–Trinajstić information content (AvgIpc) is 1.59. The van der Waals surface area contributed by atoms with Crippen molar-refractivity contribution in [1.82, 2.24) is 15.0 Å². The molecule has 0 bridgehead atoms. The van der Waals surface area contributed by atoms with Crippen LogP contribution in [-0.4, -0.2) is 99.6 Å². The van der Waals surface area contributed by atoms with E-state index >= 15 is 0 Å². The molecule has 3 amide bonds. The lowest BCUT2D eigenvalue weighted by Gasteiger charge is -2.32. The summed E-state index contributed by atoms with van der Waals surface area (Å²) < 4.78 is 194. The lowest BCUT2D eigenvalue weighted by molar-refractivity contribution is -0.287. The highest BCUT2D eigenvalue weighted by atomic mass is 35.5. The predicted molar refractivity (Wildman–Crippen MR) is 392 cm³/mol. The number of halogens is 13. The molecule has 0 atom stereocenters. The quantitative estimate of drug-likeness (QED) is 0.0373.